The predicted molar refractivity (Wildman–Crippen MR) is 91.6 cm³/mol. The summed E-state index contributed by atoms with van der Waals surface area (Å²) in [6, 6.07) is 11.9. The molecule has 0 heterocycles. The standard InChI is InChI=1S/C19H18F3NO4/c20-19(21,22)27-15-8-5-13(6-9-15)11-12-23-17(24)10-7-14-3-1-2-4-16(14)18(25)26/h1-6,8-9H,7,10-12H2,(H,23,24)(H,25,26). The van der Waals surface area contributed by atoms with Crippen LogP contribution in [0.1, 0.15) is 27.9 Å². The molecule has 0 unspecified atom stereocenters. The van der Waals surface area contributed by atoms with Crippen LogP contribution in [0.25, 0.3) is 0 Å². The van der Waals surface area contributed by atoms with Gasteiger partial charge in [-0.1, -0.05) is 30.3 Å². The fraction of sp³-hybridized carbons (Fsp3) is 0.263. The van der Waals surface area contributed by atoms with Crippen molar-refractivity contribution in [3.8, 4) is 5.75 Å². The van der Waals surface area contributed by atoms with Gasteiger partial charge < -0.3 is 15.2 Å². The molecule has 0 spiro atoms. The Morgan fingerprint density at radius 1 is 1.00 bits per heavy atom. The average Bonchev–Trinajstić information content (AvgIpc) is 2.60. The Labute approximate surface area is 153 Å². The molecule has 8 heteroatoms. The molecule has 0 saturated carbocycles. The maximum atomic E-state index is 12.1. The molecule has 0 aliphatic rings. The summed E-state index contributed by atoms with van der Waals surface area (Å²) in [5.41, 5.74) is 1.51. The van der Waals surface area contributed by atoms with E-state index in [0.717, 1.165) is 5.56 Å². The van der Waals surface area contributed by atoms with Crippen molar-refractivity contribution in [2.45, 2.75) is 25.6 Å². The normalized spacial score (nSPS) is 11.1. The molecule has 0 atom stereocenters. The second-order valence-electron chi connectivity index (χ2n) is 5.75. The van der Waals surface area contributed by atoms with Gasteiger partial charge in [0.2, 0.25) is 5.91 Å². The minimum Gasteiger partial charge on any atom is -0.478 e. The van der Waals surface area contributed by atoms with Crippen LogP contribution in [-0.2, 0) is 17.6 Å². The number of carbonyl (C=O) groups excluding carboxylic acids is 1. The molecule has 144 valence electrons. The van der Waals surface area contributed by atoms with E-state index in [1.54, 1.807) is 18.2 Å². The Bertz CT molecular complexity index is 788. The smallest absolute Gasteiger partial charge is 0.478 e. The maximum absolute atomic E-state index is 12.1. The van der Waals surface area contributed by atoms with Crippen LogP contribution in [0.3, 0.4) is 0 Å². The molecule has 2 N–H and O–H groups in total. The Morgan fingerprint density at radius 3 is 2.30 bits per heavy atom. The number of alkyl halides is 3. The number of rotatable bonds is 8. The zero-order chi connectivity index (χ0) is 19.9. The van der Waals surface area contributed by atoms with E-state index >= 15 is 0 Å². The van der Waals surface area contributed by atoms with Crippen molar-refractivity contribution in [1.82, 2.24) is 5.32 Å². The molecule has 2 rings (SSSR count). The molecule has 5 nitrogen and oxygen atoms in total. The summed E-state index contributed by atoms with van der Waals surface area (Å²) < 4.78 is 40.1. The first kappa shape index (κ1) is 20.3. The topological polar surface area (TPSA) is 75.6 Å². The summed E-state index contributed by atoms with van der Waals surface area (Å²) in [6.07, 6.45) is -3.83. The van der Waals surface area contributed by atoms with Crippen molar-refractivity contribution in [3.63, 3.8) is 0 Å². The van der Waals surface area contributed by atoms with E-state index in [9.17, 15) is 22.8 Å². The molecule has 0 radical (unpaired) electrons. The van der Waals surface area contributed by atoms with E-state index in [2.05, 4.69) is 10.1 Å². The predicted octanol–water partition coefficient (Wildman–Crippen LogP) is 3.57. The third kappa shape index (κ3) is 7.01. The molecular weight excluding hydrogens is 363 g/mol. The minimum atomic E-state index is -4.73. The Morgan fingerprint density at radius 2 is 1.67 bits per heavy atom. The van der Waals surface area contributed by atoms with Crippen LogP contribution in [0.4, 0.5) is 13.2 Å². The van der Waals surface area contributed by atoms with Gasteiger partial charge in [-0.05, 0) is 42.2 Å². The highest BCUT2D eigenvalue weighted by atomic mass is 19.4. The number of ether oxygens (including phenoxy) is 1. The van der Waals surface area contributed by atoms with Crippen molar-refractivity contribution in [2.24, 2.45) is 0 Å². The minimum absolute atomic E-state index is 0.142. The Hall–Kier alpha value is -3.03. The van der Waals surface area contributed by atoms with Crippen molar-refractivity contribution in [1.29, 1.82) is 0 Å². The zero-order valence-corrected chi connectivity index (χ0v) is 14.3. The van der Waals surface area contributed by atoms with Gasteiger partial charge >= 0.3 is 12.3 Å². The molecule has 0 aliphatic carbocycles. The van der Waals surface area contributed by atoms with E-state index in [-0.39, 0.29) is 23.6 Å². The van der Waals surface area contributed by atoms with Crippen LogP contribution >= 0.6 is 0 Å². The van der Waals surface area contributed by atoms with E-state index in [1.165, 1.54) is 30.3 Å². The van der Waals surface area contributed by atoms with Crippen LogP contribution in [-0.4, -0.2) is 29.9 Å². The van der Waals surface area contributed by atoms with Gasteiger partial charge in [-0.3, -0.25) is 4.79 Å². The quantitative estimate of drug-likeness (QED) is 0.733. The first-order chi connectivity index (χ1) is 12.7. The molecule has 0 aliphatic heterocycles. The van der Waals surface area contributed by atoms with E-state index in [0.29, 0.717) is 24.9 Å². The molecule has 27 heavy (non-hydrogen) atoms. The fourth-order valence-corrected chi connectivity index (χ4v) is 2.49. The summed E-state index contributed by atoms with van der Waals surface area (Å²) in [6.45, 7) is 0.318. The summed E-state index contributed by atoms with van der Waals surface area (Å²) in [4.78, 5) is 23.0. The van der Waals surface area contributed by atoms with E-state index in [4.69, 9.17) is 5.11 Å². The van der Waals surface area contributed by atoms with Crippen molar-refractivity contribution in [3.05, 3.63) is 65.2 Å². The number of amides is 1. The molecule has 0 fully saturated rings. The third-order valence-electron chi connectivity index (χ3n) is 3.76. The van der Waals surface area contributed by atoms with Gasteiger partial charge in [-0.25, -0.2) is 4.79 Å². The second kappa shape index (κ2) is 9.07. The molecule has 0 bridgehead atoms. The van der Waals surface area contributed by atoms with Crippen LogP contribution in [0, 0.1) is 0 Å². The molecular formula is C19H18F3NO4. The number of carboxylic acids is 1. The fourth-order valence-electron chi connectivity index (χ4n) is 2.49. The van der Waals surface area contributed by atoms with Crippen molar-refractivity contribution < 1.29 is 32.6 Å². The summed E-state index contributed by atoms with van der Waals surface area (Å²) in [7, 11) is 0. The zero-order valence-electron chi connectivity index (χ0n) is 14.3. The van der Waals surface area contributed by atoms with Gasteiger partial charge in [0.05, 0.1) is 5.56 Å². The van der Waals surface area contributed by atoms with Gasteiger partial charge in [-0.15, -0.1) is 13.2 Å². The van der Waals surface area contributed by atoms with Gasteiger partial charge in [0.25, 0.3) is 0 Å². The van der Waals surface area contributed by atoms with Gasteiger partial charge in [-0.2, -0.15) is 0 Å². The Kier molecular flexibility index (Phi) is 6.81. The average molecular weight is 381 g/mol. The molecule has 2 aromatic carbocycles. The van der Waals surface area contributed by atoms with Gasteiger partial charge in [0.15, 0.2) is 0 Å². The lowest BCUT2D eigenvalue weighted by Crippen LogP contribution is -2.26. The number of aromatic carboxylic acids is 1. The largest absolute Gasteiger partial charge is 0.573 e. The summed E-state index contributed by atoms with van der Waals surface area (Å²) in [5, 5.41) is 11.8. The lowest BCUT2D eigenvalue weighted by Gasteiger charge is -2.10. The van der Waals surface area contributed by atoms with Crippen LogP contribution < -0.4 is 10.1 Å². The van der Waals surface area contributed by atoms with Crippen LogP contribution in [0.5, 0.6) is 5.75 Å². The Balaban J connectivity index is 1.76. The number of carboxylic acid groups (broad SMARTS) is 1. The number of hydrogen-bond donors (Lipinski definition) is 2. The number of hydrogen-bond acceptors (Lipinski definition) is 3. The van der Waals surface area contributed by atoms with Crippen molar-refractivity contribution in [2.75, 3.05) is 6.54 Å². The lowest BCUT2D eigenvalue weighted by atomic mass is 10.0. The monoisotopic (exact) mass is 381 g/mol. The highest BCUT2D eigenvalue weighted by Gasteiger charge is 2.30. The number of carbonyl (C=O) groups is 2. The number of nitrogens with one attached hydrogen (secondary N) is 1. The summed E-state index contributed by atoms with van der Waals surface area (Å²) in [5.74, 6) is -1.57. The highest BCUT2D eigenvalue weighted by molar-refractivity contribution is 5.89. The SMILES string of the molecule is O=C(CCc1ccccc1C(=O)O)NCCc1ccc(OC(F)(F)F)cc1. The highest BCUT2D eigenvalue weighted by Crippen LogP contribution is 2.22. The third-order valence-corrected chi connectivity index (χ3v) is 3.76. The van der Waals surface area contributed by atoms with Gasteiger partial charge in [0.1, 0.15) is 5.75 Å². The first-order valence-corrected chi connectivity index (χ1v) is 8.17. The summed E-state index contributed by atoms with van der Waals surface area (Å²) >= 11 is 0. The van der Waals surface area contributed by atoms with Crippen LogP contribution in [0.15, 0.2) is 48.5 Å². The van der Waals surface area contributed by atoms with Crippen molar-refractivity contribution >= 4 is 11.9 Å². The maximum Gasteiger partial charge on any atom is 0.573 e. The molecule has 0 aromatic heterocycles. The molecule has 0 saturated heterocycles. The lowest BCUT2D eigenvalue weighted by molar-refractivity contribution is -0.274. The van der Waals surface area contributed by atoms with E-state index in [1.807, 2.05) is 0 Å². The van der Waals surface area contributed by atoms with E-state index < -0.39 is 12.3 Å². The number of halogens is 3. The number of benzene rings is 2. The number of aryl methyl sites for hydroxylation is 1. The molecule has 1 amide bonds. The second-order valence-corrected chi connectivity index (χ2v) is 5.75. The molecule has 2 aromatic rings. The van der Waals surface area contributed by atoms with Crippen LogP contribution in [0.2, 0.25) is 0 Å². The van der Waals surface area contributed by atoms with Gasteiger partial charge in [0, 0.05) is 13.0 Å². The first-order valence-electron chi connectivity index (χ1n) is 8.17.